The number of carboxylic acid groups (broad SMARTS) is 1. The van der Waals surface area contributed by atoms with Crippen LogP contribution in [0.1, 0.15) is 26.7 Å². The van der Waals surface area contributed by atoms with E-state index >= 15 is 0 Å². The standard InChI is InChI=1S/C12H20N4O2S/c1-3-9-5-6-15(7-9)11-13-14-12(16(11)4-2)19-8-10(17)18/h9H,3-8H2,1-2H3,(H,17,18). The molecule has 0 radical (unpaired) electrons. The third-order valence-corrected chi connectivity index (χ3v) is 4.44. The van der Waals surface area contributed by atoms with Crippen LogP contribution in [0.5, 0.6) is 0 Å². The fraction of sp³-hybridized carbons (Fsp3) is 0.750. The Kier molecular flexibility index (Phi) is 4.68. The van der Waals surface area contributed by atoms with E-state index in [0.717, 1.165) is 31.5 Å². The highest BCUT2D eigenvalue weighted by atomic mass is 32.2. The SMILES string of the molecule is CCC1CCN(c2nnc(SCC(=O)O)n2CC)C1. The Morgan fingerprint density at radius 1 is 1.47 bits per heavy atom. The predicted molar refractivity (Wildman–Crippen MR) is 74.7 cm³/mol. The molecule has 1 atom stereocenters. The fourth-order valence-electron chi connectivity index (χ4n) is 2.37. The lowest BCUT2D eigenvalue weighted by atomic mass is 10.1. The van der Waals surface area contributed by atoms with Gasteiger partial charge in [0.15, 0.2) is 5.16 Å². The van der Waals surface area contributed by atoms with E-state index in [2.05, 4.69) is 22.0 Å². The van der Waals surface area contributed by atoms with Gasteiger partial charge in [-0.1, -0.05) is 25.1 Å². The van der Waals surface area contributed by atoms with Crippen molar-refractivity contribution in [2.45, 2.75) is 38.4 Å². The number of carboxylic acids is 1. The van der Waals surface area contributed by atoms with Gasteiger partial charge in [0.25, 0.3) is 0 Å². The molecule has 7 heteroatoms. The van der Waals surface area contributed by atoms with Gasteiger partial charge < -0.3 is 10.0 Å². The van der Waals surface area contributed by atoms with E-state index in [1.54, 1.807) is 0 Å². The summed E-state index contributed by atoms with van der Waals surface area (Å²) >= 11 is 1.23. The highest BCUT2D eigenvalue weighted by molar-refractivity contribution is 7.99. The van der Waals surface area contributed by atoms with Crippen LogP contribution in [0.25, 0.3) is 0 Å². The molecule has 0 spiro atoms. The number of hydrogen-bond acceptors (Lipinski definition) is 5. The number of aliphatic carboxylic acids is 1. The van der Waals surface area contributed by atoms with Crippen molar-refractivity contribution in [1.29, 1.82) is 0 Å². The summed E-state index contributed by atoms with van der Waals surface area (Å²) < 4.78 is 2.01. The van der Waals surface area contributed by atoms with Crippen LogP contribution in [0.3, 0.4) is 0 Å². The summed E-state index contributed by atoms with van der Waals surface area (Å²) in [4.78, 5) is 12.9. The number of hydrogen-bond donors (Lipinski definition) is 1. The molecule has 0 aromatic carbocycles. The highest BCUT2D eigenvalue weighted by Gasteiger charge is 2.25. The minimum Gasteiger partial charge on any atom is -0.481 e. The zero-order valence-corrected chi connectivity index (χ0v) is 12.2. The topological polar surface area (TPSA) is 71.2 Å². The van der Waals surface area contributed by atoms with Crippen LogP contribution in [0, 0.1) is 5.92 Å². The zero-order valence-electron chi connectivity index (χ0n) is 11.4. The van der Waals surface area contributed by atoms with E-state index in [-0.39, 0.29) is 5.75 Å². The molecule has 0 aliphatic carbocycles. The number of thioether (sulfide) groups is 1. The molecule has 1 N–H and O–H groups in total. The van der Waals surface area contributed by atoms with Gasteiger partial charge in [-0.3, -0.25) is 9.36 Å². The van der Waals surface area contributed by atoms with Crippen molar-refractivity contribution in [3.8, 4) is 0 Å². The van der Waals surface area contributed by atoms with Gasteiger partial charge in [-0.15, -0.1) is 10.2 Å². The minimum absolute atomic E-state index is 0.0235. The van der Waals surface area contributed by atoms with Crippen molar-refractivity contribution in [3.63, 3.8) is 0 Å². The number of carbonyl (C=O) groups is 1. The predicted octanol–water partition coefficient (Wildman–Crippen LogP) is 1.71. The van der Waals surface area contributed by atoms with Crippen LogP contribution in [-0.4, -0.2) is 44.7 Å². The molecule has 1 saturated heterocycles. The lowest BCUT2D eigenvalue weighted by Gasteiger charge is -2.18. The largest absolute Gasteiger partial charge is 0.481 e. The highest BCUT2D eigenvalue weighted by Crippen LogP contribution is 2.27. The van der Waals surface area contributed by atoms with Crippen molar-refractivity contribution >= 4 is 23.7 Å². The maximum atomic E-state index is 10.6. The fourth-order valence-corrected chi connectivity index (χ4v) is 3.09. The van der Waals surface area contributed by atoms with Crippen molar-refractivity contribution < 1.29 is 9.90 Å². The summed E-state index contributed by atoms with van der Waals surface area (Å²) in [7, 11) is 0. The molecule has 1 aromatic rings. The molecule has 6 nitrogen and oxygen atoms in total. The first kappa shape index (κ1) is 14.2. The molecular weight excluding hydrogens is 264 g/mol. The van der Waals surface area contributed by atoms with E-state index in [4.69, 9.17) is 5.11 Å². The second-order valence-electron chi connectivity index (χ2n) is 4.72. The third-order valence-electron chi connectivity index (χ3n) is 3.48. The Morgan fingerprint density at radius 3 is 2.84 bits per heavy atom. The van der Waals surface area contributed by atoms with Crippen LogP contribution >= 0.6 is 11.8 Å². The molecular formula is C12H20N4O2S. The Bertz CT molecular complexity index is 449. The molecule has 1 fully saturated rings. The summed E-state index contributed by atoms with van der Waals surface area (Å²) in [6.45, 7) is 7.05. The van der Waals surface area contributed by atoms with Gasteiger partial charge >= 0.3 is 5.97 Å². The molecule has 19 heavy (non-hydrogen) atoms. The van der Waals surface area contributed by atoms with Crippen LogP contribution in [0.4, 0.5) is 5.95 Å². The lowest BCUT2D eigenvalue weighted by Crippen LogP contribution is -2.23. The molecule has 1 aliphatic rings. The van der Waals surface area contributed by atoms with Gasteiger partial charge in [0.2, 0.25) is 5.95 Å². The second-order valence-corrected chi connectivity index (χ2v) is 5.66. The summed E-state index contributed by atoms with van der Waals surface area (Å²) in [5, 5.41) is 17.8. The average Bonchev–Trinajstić information content (AvgIpc) is 3.01. The van der Waals surface area contributed by atoms with Gasteiger partial charge in [0.05, 0.1) is 5.75 Å². The molecule has 2 heterocycles. The molecule has 0 bridgehead atoms. The minimum atomic E-state index is -0.829. The van der Waals surface area contributed by atoms with E-state index < -0.39 is 5.97 Å². The molecule has 2 rings (SSSR count). The third kappa shape index (κ3) is 3.20. The molecule has 106 valence electrons. The van der Waals surface area contributed by atoms with Gasteiger partial charge in [-0.2, -0.15) is 0 Å². The first-order valence-corrected chi connectivity index (χ1v) is 7.67. The smallest absolute Gasteiger partial charge is 0.313 e. The average molecular weight is 284 g/mol. The molecule has 1 aromatic heterocycles. The summed E-state index contributed by atoms with van der Waals surface area (Å²) in [5.74, 6) is 0.809. The van der Waals surface area contributed by atoms with E-state index in [1.807, 2.05) is 11.5 Å². The van der Waals surface area contributed by atoms with Crippen molar-refractivity contribution in [1.82, 2.24) is 14.8 Å². The van der Waals surface area contributed by atoms with E-state index in [0.29, 0.717) is 5.16 Å². The Hall–Kier alpha value is -1.24. The van der Waals surface area contributed by atoms with Crippen LogP contribution in [0.15, 0.2) is 5.16 Å². The Morgan fingerprint density at radius 2 is 2.26 bits per heavy atom. The summed E-state index contributed by atoms with van der Waals surface area (Å²) in [5.41, 5.74) is 0. The van der Waals surface area contributed by atoms with Crippen LogP contribution in [-0.2, 0) is 11.3 Å². The molecule has 1 unspecified atom stereocenters. The van der Waals surface area contributed by atoms with Gasteiger partial charge in [-0.05, 0) is 19.3 Å². The van der Waals surface area contributed by atoms with Crippen molar-refractivity contribution in [3.05, 3.63) is 0 Å². The van der Waals surface area contributed by atoms with E-state index in [1.165, 1.54) is 24.6 Å². The zero-order chi connectivity index (χ0) is 13.8. The summed E-state index contributed by atoms with van der Waals surface area (Å²) in [6, 6.07) is 0. The number of anilines is 1. The Labute approximate surface area is 117 Å². The first-order valence-electron chi connectivity index (χ1n) is 6.68. The molecule has 0 amide bonds. The lowest BCUT2D eigenvalue weighted by molar-refractivity contribution is -0.133. The second kappa shape index (κ2) is 6.27. The van der Waals surface area contributed by atoms with Crippen molar-refractivity contribution in [2.75, 3.05) is 23.7 Å². The first-order chi connectivity index (χ1) is 9.15. The maximum absolute atomic E-state index is 10.6. The van der Waals surface area contributed by atoms with Gasteiger partial charge in [-0.25, -0.2) is 0 Å². The summed E-state index contributed by atoms with van der Waals surface area (Å²) in [6.07, 6.45) is 2.39. The van der Waals surface area contributed by atoms with Crippen LogP contribution < -0.4 is 4.90 Å². The normalized spacial score (nSPS) is 19.1. The van der Waals surface area contributed by atoms with Gasteiger partial charge in [0, 0.05) is 19.6 Å². The molecule has 0 saturated carbocycles. The van der Waals surface area contributed by atoms with Crippen LogP contribution in [0.2, 0.25) is 0 Å². The Balaban J connectivity index is 2.11. The van der Waals surface area contributed by atoms with Gasteiger partial charge in [0.1, 0.15) is 0 Å². The number of nitrogens with zero attached hydrogens (tertiary/aromatic N) is 4. The van der Waals surface area contributed by atoms with Crippen molar-refractivity contribution in [2.24, 2.45) is 5.92 Å². The monoisotopic (exact) mass is 284 g/mol. The quantitative estimate of drug-likeness (QED) is 0.802. The number of rotatable bonds is 6. The van der Waals surface area contributed by atoms with E-state index in [9.17, 15) is 4.79 Å². The maximum Gasteiger partial charge on any atom is 0.313 e. The number of aromatic nitrogens is 3. The molecule has 1 aliphatic heterocycles.